The van der Waals surface area contributed by atoms with Crippen LogP contribution in [-0.2, 0) is 19.6 Å². The number of thioether (sulfide) groups is 1. The highest BCUT2D eigenvalue weighted by Crippen LogP contribution is 2.26. The van der Waals surface area contributed by atoms with E-state index in [1.54, 1.807) is 19.1 Å². The quantitative estimate of drug-likeness (QED) is 0.392. The van der Waals surface area contributed by atoms with Gasteiger partial charge in [-0.05, 0) is 44.2 Å². The fraction of sp³-hybridized carbons (Fsp3) is 0.292. The number of carbonyl (C=O) groups excluding carboxylic acids is 1. The Bertz CT molecular complexity index is 1250. The average molecular weight is 499 g/mol. The van der Waals surface area contributed by atoms with Crippen molar-refractivity contribution in [2.45, 2.75) is 29.1 Å². The van der Waals surface area contributed by atoms with Gasteiger partial charge >= 0.3 is 0 Å². The van der Waals surface area contributed by atoms with Crippen molar-refractivity contribution in [2.24, 2.45) is 0 Å². The summed E-state index contributed by atoms with van der Waals surface area (Å²) in [5.41, 5.74) is 3.13. The molecule has 178 valence electrons. The molecule has 0 bridgehead atoms. The molecular weight excluding hydrogens is 472 g/mol. The molecular formula is C24H26N4O4S2. The van der Waals surface area contributed by atoms with Crippen molar-refractivity contribution in [3.63, 3.8) is 0 Å². The number of benzene rings is 2. The third-order valence-corrected chi connectivity index (χ3v) is 8.16. The van der Waals surface area contributed by atoms with E-state index in [1.165, 1.54) is 28.2 Å². The zero-order valence-corrected chi connectivity index (χ0v) is 20.6. The first-order valence-electron chi connectivity index (χ1n) is 10.9. The van der Waals surface area contributed by atoms with Crippen LogP contribution in [0.4, 0.5) is 5.69 Å². The number of rotatable bonds is 7. The molecule has 8 nitrogen and oxygen atoms in total. The molecule has 1 fully saturated rings. The highest BCUT2D eigenvalue weighted by molar-refractivity contribution is 8.00. The van der Waals surface area contributed by atoms with Gasteiger partial charge in [0.25, 0.3) is 0 Å². The van der Waals surface area contributed by atoms with Gasteiger partial charge in [0.1, 0.15) is 0 Å². The van der Waals surface area contributed by atoms with Crippen LogP contribution in [0.3, 0.4) is 0 Å². The summed E-state index contributed by atoms with van der Waals surface area (Å²) < 4.78 is 32.2. The molecule has 1 saturated heterocycles. The Morgan fingerprint density at radius 3 is 2.41 bits per heavy atom. The molecule has 1 amide bonds. The smallest absolute Gasteiger partial charge is 0.243 e. The van der Waals surface area contributed by atoms with Crippen molar-refractivity contribution in [2.75, 3.05) is 31.6 Å². The lowest BCUT2D eigenvalue weighted by Gasteiger charge is -2.26. The van der Waals surface area contributed by atoms with Crippen molar-refractivity contribution in [1.29, 1.82) is 0 Å². The van der Waals surface area contributed by atoms with Gasteiger partial charge < -0.3 is 10.1 Å². The van der Waals surface area contributed by atoms with E-state index in [9.17, 15) is 13.2 Å². The molecule has 0 spiro atoms. The van der Waals surface area contributed by atoms with Crippen LogP contribution in [0.5, 0.6) is 0 Å². The number of nitrogens with zero attached hydrogens (tertiary/aromatic N) is 3. The predicted octanol–water partition coefficient (Wildman–Crippen LogP) is 3.59. The van der Waals surface area contributed by atoms with Crippen LogP contribution in [0, 0.1) is 6.92 Å². The topological polar surface area (TPSA) is 101 Å². The standard InChI is InChI=1S/C24H26N4O4S2/c1-17-16-22(19-6-4-3-5-7-19)27-24(25-17)33-18(2)23(29)26-20-8-10-21(11-9-20)34(30,31)28-12-14-32-15-13-28/h3-11,16,18H,12-15H2,1-2H3,(H,26,29)/t18-/m1/s1. The number of morpholine rings is 1. The number of aromatic nitrogens is 2. The number of aryl methyl sites for hydroxylation is 1. The lowest BCUT2D eigenvalue weighted by atomic mass is 10.1. The van der Waals surface area contributed by atoms with E-state index in [0.29, 0.717) is 37.1 Å². The van der Waals surface area contributed by atoms with Gasteiger partial charge in [0.05, 0.1) is 29.1 Å². The first kappa shape index (κ1) is 24.3. The van der Waals surface area contributed by atoms with Gasteiger partial charge in [0, 0.05) is 30.0 Å². The maximum absolute atomic E-state index is 12.8. The van der Waals surface area contributed by atoms with Crippen LogP contribution < -0.4 is 5.32 Å². The van der Waals surface area contributed by atoms with Crippen molar-refractivity contribution in [3.8, 4) is 11.3 Å². The van der Waals surface area contributed by atoms with Crippen molar-refractivity contribution >= 4 is 33.4 Å². The fourth-order valence-electron chi connectivity index (χ4n) is 3.45. The molecule has 4 rings (SSSR count). The average Bonchev–Trinajstić information content (AvgIpc) is 2.85. The van der Waals surface area contributed by atoms with Gasteiger partial charge in [0.15, 0.2) is 5.16 Å². The van der Waals surface area contributed by atoms with E-state index >= 15 is 0 Å². The first-order valence-corrected chi connectivity index (χ1v) is 13.2. The summed E-state index contributed by atoms with van der Waals surface area (Å²) in [6.07, 6.45) is 0. The second-order valence-corrected chi connectivity index (χ2v) is 11.1. The Kier molecular flexibility index (Phi) is 7.62. The normalized spacial score (nSPS) is 15.6. The number of hydrogen-bond acceptors (Lipinski definition) is 7. The Morgan fingerprint density at radius 1 is 1.06 bits per heavy atom. The summed E-state index contributed by atoms with van der Waals surface area (Å²) >= 11 is 1.27. The third kappa shape index (κ3) is 5.82. The van der Waals surface area contributed by atoms with Crippen LogP contribution in [0.25, 0.3) is 11.3 Å². The summed E-state index contributed by atoms with van der Waals surface area (Å²) in [6.45, 7) is 5.13. The molecule has 2 aromatic carbocycles. The summed E-state index contributed by atoms with van der Waals surface area (Å²) in [6, 6.07) is 17.9. The molecule has 0 unspecified atom stereocenters. The molecule has 1 aliphatic rings. The second-order valence-electron chi connectivity index (χ2n) is 7.83. The zero-order valence-electron chi connectivity index (χ0n) is 19.0. The lowest BCUT2D eigenvalue weighted by Crippen LogP contribution is -2.40. The maximum Gasteiger partial charge on any atom is 0.243 e. The van der Waals surface area contributed by atoms with Gasteiger partial charge in [-0.15, -0.1) is 0 Å². The Labute approximate surface area is 203 Å². The number of hydrogen-bond donors (Lipinski definition) is 1. The molecule has 10 heteroatoms. The van der Waals surface area contributed by atoms with Gasteiger partial charge in [-0.3, -0.25) is 4.79 Å². The van der Waals surface area contributed by atoms with Gasteiger partial charge in [0.2, 0.25) is 15.9 Å². The largest absolute Gasteiger partial charge is 0.379 e. The lowest BCUT2D eigenvalue weighted by molar-refractivity contribution is -0.115. The number of carbonyl (C=O) groups is 1. The molecule has 34 heavy (non-hydrogen) atoms. The zero-order chi connectivity index (χ0) is 24.1. The second kappa shape index (κ2) is 10.6. The van der Waals surface area contributed by atoms with E-state index in [-0.39, 0.29) is 10.8 Å². The first-order chi connectivity index (χ1) is 16.3. The molecule has 1 aromatic heterocycles. The number of ether oxygens (including phenoxy) is 1. The number of nitrogens with one attached hydrogen (secondary N) is 1. The highest BCUT2D eigenvalue weighted by Gasteiger charge is 2.26. The van der Waals surface area contributed by atoms with Crippen LogP contribution in [0.1, 0.15) is 12.6 Å². The Hall–Kier alpha value is -2.79. The molecule has 0 aliphatic carbocycles. The van der Waals surface area contributed by atoms with Gasteiger partial charge in [-0.2, -0.15) is 4.31 Å². The highest BCUT2D eigenvalue weighted by atomic mass is 32.2. The minimum Gasteiger partial charge on any atom is -0.379 e. The SMILES string of the molecule is Cc1cc(-c2ccccc2)nc(S[C@H](C)C(=O)Nc2ccc(S(=O)(=O)N3CCOCC3)cc2)n1. The minimum absolute atomic E-state index is 0.191. The van der Waals surface area contributed by atoms with Gasteiger partial charge in [-0.1, -0.05) is 42.1 Å². The van der Waals surface area contributed by atoms with Crippen LogP contribution in [0.2, 0.25) is 0 Å². The molecule has 1 N–H and O–H groups in total. The van der Waals surface area contributed by atoms with E-state index in [4.69, 9.17) is 4.74 Å². The Balaban J connectivity index is 1.41. The molecule has 2 heterocycles. The van der Waals surface area contributed by atoms with E-state index < -0.39 is 15.3 Å². The summed E-state index contributed by atoms with van der Waals surface area (Å²) in [4.78, 5) is 22.0. The molecule has 0 saturated carbocycles. The summed E-state index contributed by atoms with van der Waals surface area (Å²) in [5, 5.41) is 2.90. The maximum atomic E-state index is 12.8. The van der Waals surface area contributed by atoms with E-state index in [2.05, 4.69) is 15.3 Å². The Morgan fingerprint density at radius 2 is 1.74 bits per heavy atom. The van der Waals surface area contributed by atoms with E-state index in [0.717, 1.165) is 17.0 Å². The number of anilines is 1. The van der Waals surface area contributed by atoms with Crippen LogP contribution in [-0.4, -0.2) is 60.2 Å². The molecule has 1 aliphatic heterocycles. The molecule has 1 atom stereocenters. The van der Waals surface area contributed by atoms with E-state index in [1.807, 2.05) is 43.3 Å². The summed E-state index contributed by atoms with van der Waals surface area (Å²) in [7, 11) is -3.58. The number of amides is 1. The molecule has 0 radical (unpaired) electrons. The third-order valence-electron chi connectivity index (χ3n) is 5.28. The molecule has 3 aromatic rings. The van der Waals surface area contributed by atoms with Gasteiger partial charge in [-0.25, -0.2) is 18.4 Å². The van der Waals surface area contributed by atoms with Crippen molar-refractivity contribution in [1.82, 2.24) is 14.3 Å². The fourth-order valence-corrected chi connectivity index (χ4v) is 5.69. The van der Waals surface area contributed by atoms with Crippen LogP contribution >= 0.6 is 11.8 Å². The van der Waals surface area contributed by atoms with Crippen LogP contribution in [0.15, 0.2) is 70.7 Å². The monoisotopic (exact) mass is 498 g/mol. The van der Waals surface area contributed by atoms with Crippen molar-refractivity contribution in [3.05, 3.63) is 66.4 Å². The number of sulfonamides is 1. The van der Waals surface area contributed by atoms with Crippen molar-refractivity contribution < 1.29 is 17.9 Å². The minimum atomic E-state index is -3.58. The summed E-state index contributed by atoms with van der Waals surface area (Å²) in [5.74, 6) is -0.222. The predicted molar refractivity (Wildman–Crippen MR) is 132 cm³/mol.